The van der Waals surface area contributed by atoms with Crippen LogP contribution in [0.15, 0.2) is 48.8 Å². The molecular weight excluding hydrogens is 234 g/mol. The summed E-state index contributed by atoms with van der Waals surface area (Å²) in [6.45, 7) is 0. The van der Waals surface area contributed by atoms with Gasteiger partial charge < -0.3 is 14.1 Å². The summed E-state index contributed by atoms with van der Waals surface area (Å²) in [6.07, 6.45) is 6.08. The molecule has 1 N–H and O–H groups in total. The smallest absolute Gasteiger partial charge is 0.0280 e. The van der Waals surface area contributed by atoms with E-state index < -0.39 is 0 Å². The molecule has 0 saturated carbocycles. The van der Waals surface area contributed by atoms with E-state index in [2.05, 4.69) is 77.0 Å². The molecule has 0 atom stereocenters. The van der Waals surface area contributed by atoms with E-state index in [1.54, 1.807) is 0 Å². The van der Waals surface area contributed by atoms with Crippen LogP contribution in [0, 0.1) is 0 Å². The second-order valence-corrected chi connectivity index (χ2v) is 5.08. The van der Waals surface area contributed by atoms with Crippen LogP contribution in [0.1, 0.15) is 22.8 Å². The van der Waals surface area contributed by atoms with Crippen LogP contribution in [0.4, 0.5) is 0 Å². The number of nitrogens with zero attached hydrogens (tertiary/aromatic N) is 2. The Labute approximate surface area is 113 Å². The molecule has 3 nitrogen and oxygen atoms in total. The van der Waals surface area contributed by atoms with E-state index in [-0.39, 0.29) is 0 Å². The van der Waals surface area contributed by atoms with Crippen molar-refractivity contribution in [3.8, 4) is 0 Å². The highest BCUT2D eigenvalue weighted by atomic mass is 14.9. The predicted molar refractivity (Wildman–Crippen MR) is 77.2 cm³/mol. The van der Waals surface area contributed by atoms with Crippen molar-refractivity contribution >= 4 is 0 Å². The number of rotatable bonds is 4. The predicted octanol–water partition coefficient (Wildman–Crippen LogP) is 2.87. The third-order valence-electron chi connectivity index (χ3n) is 3.65. The molecule has 0 aliphatic heterocycles. The van der Waals surface area contributed by atoms with Crippen molar-refractivity contribution in [3.05, 3.63) is 71.6 Å². The summed E-state index contributed by atoms with van der Waals surface area (Å²) in [4.78, 5) is 3.52. The molecular formula is C16H19N3. The van der Waals surface area contributed by atoms with E-state index in [0.717, 1.165) is 12.8 Å². The fraction of sp³-hybridized carbons (Fsp3) is 0.250. The van der Waals surface area contributed by atoms with Crippen molar-refractivity contribution in [1.82, 2.24) is 14.1 Å². The van der Waals surface area contributed by atoms with E-state index in [0.29, 0.717) is 0 Å². The first-order valence-corrected chi connectivity index (χ1v) is 6.59. The number of aryl methyl sites for hydroxylation is 2. The SMILES string of the molecule is Cn1cccc1Cc1ccc(Cc2cccn2C)[nH]1. The minimum atomic E-state index is 0.955. The van der Waals surface area contributed by atoms with Gasteiger partial charge in [0.15, 0.2) is 0 Å². The average Bonchev–Trinajstić information content (AvgIpc) is 3.07. The molecule has 0 aliphatic carbocycles. The molecule has 0 aliphatic rings. The highest BCUT2D eigenvalue weighted by Crippen LogP contribution is 2.13. The molecule has 0 spiro atoms. The molecule has 3 aromatic heterocycles. The number of nitrogens with one attached hydrogen (secondary N) is 1. The standard InChI is InChI=1S/C16H19N3/c1-18-9-3-5-15(18)11-13-7-8-14(17-13)12-16-6-4-10-19(16)2/h3-10,17H,11-12H2,1-2H3. The molecule has 3 rings (SSSR count). The maximum atomic E-state index is 3.52. The molecule has 0 amide bonds. The molecule has 3 heterocycles. The lowest BCUT2D eigenvalue weighted by molar-refractivity contribution is 0.829. The molecule has 3 aromatic rings. The van der Waals surface area contributed by atoms with Crippen LogP contribution in [0.25, 0.3) is 0 Å². The first-order valence-electron chi connectivity index (χ1n) is 6.59. The quantitative estimate of drug-likeness (QED) is 0.740. The summed E-state index contributed by atoms with van der Waals surface area (Å²) in [6, 6.07) is 12.9. The number of hydrogen-bond acceptors (Lipinski definition) is 0. The fourth-order valence-corrected chi connectivity index (χ4v) is 2.45. The van der Waals surface area contributed by atoms with E-state index in [1.165, 1.54) is 22.8 Å². The molecule has 0 unspecified atom stereocenters. The second kappa shape index (κ2) is 4.84. The van der Waals surface area contributed by atoms with Crippen molar-refractivity contribution in [1.29, 1.82) is 0 Å². The van der Waals surface area contributed by atoms with E-state index in [1.807, 2.05) is 0 Å². The monoisotopic (exact) mass is 253 g/mol. The minimum Gasteiger partial charge on any atom is -0.362 e. The van der Waals surface area contributed by atoms with Gasteiger partial charge >= 0.3 is 0 Å². The summed E-state index contributed by atoms with van der Waals surface area (Å²) in [7, 11) is 4.17. The lowest BCUT2D eigenvalue weighted by Gasteiger charge is -2.03. The zero-order valence-corrected chi connectivity index (χ0v) is 11.4. The van der Waals surface area contributed by atoms with Gasteiger partial charge in [0.1, 0.15) is 0 Å². The Morgan fingerprint density at radius 2 is 1.26 bits per heavy atom. The Balaban J connectivity index is 1.73. The Morgan fingerprint density at radius 1 is 0.789 bits per heavy atom. The van der Waals surface area contributed by atoms with Crippen molar-refractivity contribution in [2.75, 3.05) is 0 Å². The third kappa shape index (κ3) is 2.50. The molecule has 98 valence electrons. The normalized spacial score (nSPS) is 11.1. The molecule has 0 bridgehead atoms. The van der Waals surface area contributed by atoms with Crippen molar-refractivity contribution in [2.24, 2.45) is 14.1 Å². The summed E-state index contributed by atoms with van der Waals surface area (Å²) in [5.41, 5.74) is 5.19. The summed E-state index contributed by atoms with van der Waals surface area (Å²) >= 11 is 0. The van der Waals surface area contributed by atoms with Gasteiger partial charge in [-0.15, -0.1) is 0 Å². The van der Waals surface area contributed by atoms with Gasteiger partial charge in [0.2, 0.25) is 0 Å². The number of H-pyrrole nitrogens is 1. The molecule has 0 fully saturated rings. The Hall–Kier alpha value is -2.16. The van der Waals surface area contributed by atoms with Gasteiger partial charge in [0.05, 0.1) is 0 Å². The maximum Gasteiger partial charge on any atom is 0.0280 e. The van der Waals surface area contributed by atoms with Gasteiger partial charge in [0, 0.05) is 62.1 Å². The van der Waals surface area contributed by atoms with Crippen molar-refractivity contribution in [2.45, 2.75) is 12.8 Å². The first kappa shape index (κ1) is 11.9. The average molecular weight is 253 g/mol. The van der Waals surface area contributed by atoms with Crippen molar-refractivity contribution in [3.63, 3.8) is 0 Å². The second-order valence-electron chi connectivity index (χ2n) is 5.08. The van der Waals surface area contributed by atoms with Gasteiger partial charge in [-0.05, 0) is 36.4 Å². The third-order valence-corrected chi connectivity index (χ3v) is 3.65. The lowest BCUT2D eigenvalue weighted by atomic mass is 10.2. The highest BCUT2D eigenvalue weighted by Gasteiger charge is 2.05. The first-order chi connectivity index (χ1) is 9.22. The van der Waals surface area contributed by atoms with Gasteiger partial charge in [0.25, 0.3) is 0 Å². The Morgan fingerprint density at radius 3 is 1.63 bits per heavy atom. The minimum absolute atomic E-state index is 0.955. The summed E-state index contributed by atoms with van der Waals surface area (Å²) < 4.78 is 4.33. The van der Waals surface area contributed by atoms with Gasteiger partial charge in [-0.1, -0.05) is 0 Å². The topological polar surface area (TPSA) is 25.6 Å². The number of aromatic amines is 1. The van der Waals surface area contributed by atoms with Gasteiger partial charge in [-0.3, -0.25) is 0 Å². The van der Waals surface area contributed by atoms with Crippen LogP contribution >= 0.6 is 0 Å². The van der Waals surface area contributed by atoms with Crippen LogP contribution in [-0.4, -0.2) is 14.1 Å². The highest BCUT2D eigenvalue weighted by molar-refractivity contribution is 5.23. The summed E-state index contributed by atoms with van der Waals surface area (Å²) in [5, 5.41) is 0. The van der Waals surface area contributed by atoms with Crippen LogP contribution in [0.2, 0.25) is 0 Å². The molecule has 19 heavy (non-hydrogen) atoms. The fourth-order valence-electron chi connectivity index (χ4n) is 2.45. The largest absolute Gasteiger partial charge is 0.362 e. The molecule has 0 radical (unpaired) electrons. The van der Waals surface area contributed by atoms with Gasteiger partial charge in [-0.25, -0.2) is 0 Å². The van der Waals surface area contributed by atoms with Crippen LogP contribution < -0.4 is 0 Å². The zero-order chi connectivity index (χ0) is 13.2. The summed E-state index contributed by atoms with van der Waals surface area (Å²) in [5.74, 6) is 0. The van der Waals surface area contributed by atoms with E-state index >= 15 is 0 Å². The van der Waals surface area contributed by atoms with Gasteiger partial charge in [-0.2, -0.15) is 0 Å². The lowest BCUT2D eigenvalue weighted by Crippen LogP contribution is -1.98. The van der Waals surface area contributed by atoms with E-state index in [9.17, 15) is 0 Å². The van der Waals surface area contributed by atoms with Crippen LogP contribution in [0.5, 0.6) is 0 Å². The molecule has 3 heteroatoms. The Kier molecular flexibility index (Phi) is 3.03. The zero-order valence-electron chi connectivity index (χ0n) is 11.4. The maximum absolute atomic E-state index is 3.52. The molecule has 0 aromatic carbocycles. The van der Waals surface area contributed by atoms with Crippen molar-refractivity contribution < 1.29 is 0 Å². The van der Waals surface area contributed by atoms with Crippen LogP contribution in [-0.2, 0) is 26.9 Å². The number of aromatic nitrogens is 3. The molecule has 0 saturated heterocycles. The number of hydrogen-bond donors (Lipinski definition) is 1. The van der Waals surface area contributed by atoms with Crippen LogP contribution in [0.3, 0.4) is 0 Å². The van der Waals surface area contributed by atoms with E-state index in [4.69, 9.17) is 0 Å². The Bertz CT molecular complexity index is 613.